The van der Waals surface area contributed by atoms with Gasteiger partial charge in [-0.1, -0.05) is 25.1 Å². The van der Waals surface area contributed by atoms with E-state index in [0.29, 0.717) is 13.1 Å². The molecule has 0 radical (unpaired) electrons. The minimum Gasteiger partial charge on any atom is -0.376 e. The fourth-order valence-corrected chi connectivity index (χ4v) is 3.29. The van der Waals surface area contributed by atoms with Crippen molar-refractivity contribution in [2.45, 2.75) is 51.3 Å². The van der Waals surface area contributed by atoms with Crippen molar-refractivity contribution < 1.29 is 9.53 Å². The molecular formula is C19H27N3O2. The van der Waals surface area contributed by atoms with Crippen LogP contribution in [0.2, 0.25) is 0 Å². The smallest absolute Gasteiger partial charge is 0.240 e. The molecule has 0 saturated carbocycles. The van der Waals surface area contributed by atoms with Crippen LogP contribution in [0, 0.1) is 0 Å². The van der Waals surface area contributed by atoms with Crippen LogP contribution in [0.3, 0.4) is 0 Å². The van der Waals surface area contributed by atoms with Gasteiger partial charge in [0.2, 0.25) is 5.91 Å². The van der Waals surface area contributed by atoms with Gasteiger partial charge in [-0.25, -0.2) is 0 Å². The third-order valence-electron chi connectivity index (χ3n) is 4.74. The molecule has 1 saturated heterocycles. The van der Waals surface area contributed by atoms with Crippen LogP contribution in [0.1, 0.15) is 31.7 Å². The van der Waals surface area contributed by atoms with E-state index >= 15 is 0 Å². The summed E-state index contributed by atoms with van der Waals surface area (Å²) in [5, 5.41) is 4.18. The molecule has 130 valence electrons. The minimum absolute atomic E-state index is 0.0255. The van der Waals surface area contributed by atoms with Gasteiger partial charge in [-0.3, -0.25) is 4.79 Å². The maximum Gasteiger partial charge on any atom is 0.240 e. The second-order valence-corrected chi connectivity index (χ2v) is 6.61. The van der Waals surface area contributed by atoms with Gasteiger partial charge in [0.05, 0.1) is 6.10 Å². The molecular weight excluding hydrogens is 302 g/mol. The number of benzene rings is 1. The van der Waals surface area contributed by atoms with Crippen molar-refractivity contribution in [3.05, 3.63) is 36.0 Å². The zero-order valence-corrected chi connectivity index (χ0v) is 14.3. The molecule has 1 aromatic carbocycles. The van der Waals surface area contributed by atoms with Crippen LogP contribution >= 0.6 is 0 Å². The van der Waals surface area contributed by atoms with Gasteiger partial charge >= 0.3 is 0 Å². The van der Waals surface area contributed by atoms with E-state index in [1.807, 2.05) is 16.7 Å². The standard InChI is InChI=1S/C19H27N3O2/c1-2-15(20)10-14-12-22(18-8-4-3-7-17(14)18)13-19(23)21-11-16-6-5-9-24-16/h3-4,7-8,12,15-16H,2,5-6,9-11,13,20H2,1H3,(H,21,23). The number of aromatic nitrogens is 1. The number of hydrogen-bond acceptors (Lipinski definition) is 3. The summed E-state index contributed by atoms with van der Waals surface area (Å²) in [6.07, 6.45) is 6.15. The molecule has 24 heavy (non-hydrogen) atoms. The molecule has 0 spiro atoms. The molecule has 5 heteroatoms. The van der Waals surface area contributed by atoms with E-state index in [1.165, 1.54) is 10.9 Å². The molecule has 3 rings (SSSR count). The van der Waals surface area contributed by atoms with Crippen LogP contribution in [0.15, 0.2) is 30.5 Å². The molecule has 2 atom stereocenters. The first-order valence-electron chi connectivity index (χ1n) is 8.88. The van der Waals surface area contributed by atoms with Crippen LogP contribution in [0.5, 0.6) is 0 Å². The van der Waals surface area contributed by atoms with E-state index in [-0.39, 0.29) is 18.1 Å². The lowest BCUT2D eigenvalue weighted by Crippen LogP contribution is -2.34. The highest BCUT2D eigenvalue weighted by molar-refractivity contribution is 5.86. The van der Waals surface area contributed by atoms with Crippen LogP contribution in [0.25, 0.3) is 10.9 Å². The van der Waals surface area contributed by atoms with E-state index in [4.69, 9.17) is 10.5 Å². The quantitative estimate of drug-likeness (QED) is 0.818. The summed E-state index contributed by atoms with van der Waals surface area (Å²) in [5.41, 5.74) is 8.42. The molecule has 1 aliphatic heterocycles. The van der Waals surface area contributed by atoms with Crippen molar-refractivity contribution >= 4 is 16.8 Å². The molecule has 0 aliphatic carbocycles. The van der Waals surface area contributed by atoms with Gasteiger partial charge in [-0.2, -0.15) is 0 Å². The van der Waals surface area contributed by atoms with Crippen molar-refractivity contribution in [1.29, 1.82) is 0 Å². The third-order valence-corrected chi connectivity index (χ3v) is 4.74. The number of para-hydroxylation sites is 1. The number of amides is 1. The zero-order chi connectivity index (χ0) is 16.9. The van der Waals surface area contributed by atoms with Gasteiger partial charge < -0.3 is 20.4 Å². The highest BCUT2D eigenvalue weighted by Crippen LogP contribution is 2.22. The number of nitrogens with two attached hydrogens (primary N) is 1. The second-order valence-electron chi connectivity index (χ2n) is 6.61. The van der Waals surface area contributed by atoms with Crippen LogP contribution in [-0.4, -0.2) is 35.8 Å². The predicted molar refractivity (Wildman–Crippen MR) is 95.9 cm³/mol. The van der Waals surface area contributed by atoms with Crippen LogP contribution in [0.4, 0.5) is 0 Å². The minimum atomic E-state index is 0.0255. The highest BCUT2D eigenvalue weighted by atomic mass is 16.5. The lowest BCUT2D eigenvalue weighted by molar-refractivity contribution is -0.122. The summed E-state index contributed by atoms with van der Waals surface area (Å²) in [6.45, 7) is 3.84. The van der Waals surface area contributed by atoms with Gasteiger partial charge in [-0.15, -0.1) is 0 Å². The summed E-state index contributed by atoms with van der Waals surface area (Å²) >= 11 is 0. The summed E-state index contributed by atoms with van der Waals surface area (Å²) in [4.78, 5) is 12.3. The molecule has 2 unspecified atom stereocenters. The summed E-state index contributed by atoms with van der Waals surface area (Å²) in [7, 11) is 0. The lowest BCUT2D eigenvalue weighted by Gasteiger charge is -2.11. The van der Waals surface area contributed by atoms with Crippen LogP contribution in [-0.2, 0) is 22.5 Å². The molecule has 5 nitrogen and oxygen atoms in total. The Kier molecular flexibility index (Phi) is 5.53. The fraction of sp³-hybridized carbons (Fsp3) is 0.526. The predicted octanol–water partition coefficient (Wildman–Crippen LogP) is 2.22. The number of carbonyl (C=O) groups is 1. The van der Waals surface area contributed by atoms with Crippen molar-refractivity contribution in [3.63, 3.8) is 0 Å². The van der Waals surface area contributed by atoms with Crippen molar-refractivity contribution in [3.8, 4) is 0 Å². The molecule has 3 N–H and O–H groups in total. The SMILES string of the molecule is CCC(N)Cc1cn(CC(=O)NCC2CCCO2)c2ccccc12. The third kappa shape index (κ3) is 3.97. The first-order valence-corrected chi connectivity index (χ1v) is 8.88. The largest absolute Gasteiger partial charge is 0.376 e. The number of carbonyl (C=O) groups excluding carboxylic acids is 1. The number of nitrogens with one attached hydrogen (secondary N) is 1. The molecule has 2 heterocycles. The Bertz CT molecular complexity index is 689. The molecule has 1 amide bonds. The van der Waals surface area contributed by atoms with Crippen molar-refractivity contribution in [1.82, 2.24) is 9.88 Å². The topological polar surface area (TPSA) is 69.3 Å². The normalized spacial score (nSPS) is 18.8. The van der Waals surface area contributed by atoms with Gasteiger partial charge in [0, 0.05) is 36.3 Å². The lowest BCUT2D eigenvalue weighted by atomic mass is 10.0. The maximum absolute atomic E-state index is 12.3. The Morgan fingerprint density at radius 3 is 3.04 bits per heavy atom. The van der Waals surface area contributed by atoms with E-state index in [0.717, 1.165) is 37.8 Å². The molecule has 0 bridgehead atoms. The van der Waals surface area contributed by atoms with E-state index in [9.17, 15) is 4.79 Å². The van der Waals surface area contributed by atoms with Gasteiger partial charge in [0.25, 0.3) is 0 Å². The van der Waals surface area contributed by atoms with Crippen molar-refractivity contribution in [2.75, 3.05) is 13.2 Å². The fourth-order valence-electron chi connectivity index (χ4n) is 3.29. The molecule has 1 aromatic heterocycles. The first kappa shape index (κ1) is 17.0. The monoisotopic (exact) mass is 329 g/mol. The molecule has 2 aromatic rings. The summed E-state index contributed by atoms with van der Waals surface area (Å²) in [5.74, 6) is 0.0255. The Morgan fingerprint density at radius 2 is 2.29 bits per heavy atom. The average Bonchev–Trinajstić information content (AvgIpc) is 3.22. The first-order chi connectivity index (χ1) is 11.7. The summed E-state index contributed by atoms with van der Waals surface area (Å²) in [6, 6.07) is 8.35. The molecule has 1 aliphatic rings. The van der Waals surface area contributed by atoms with E-state index in [1.54, 1.807) is 0 Å². The van der Waals surface area contributed by atoms with E-state index in [2.05, 4.69) is 30.6 Å². The average molecular weight is 329 g/mol. The highest BCUT2D eigenvalue weighted by Gasteiger charge is 2.17. The maximum atomic E-state index is 12.3. The van der Waals surface area contributed by atoms with Crippen LogP contribution < -0.4 is 11.1 Å². The van der Waals surface area contributed by atoms with Gasteiger partial charge in [-0.05, 0) is 37.3 Å². The van der Waals surface area contributed by atoms with Gasteiger partial charge in [0.1, 0.15) is 6.54 Å². The molecule has 1 fully saturated rings. The number of hydrogen-bond donors (Lipinski definition) is 2. The zero-order valence-electron chi connectivity index (χ0n) is 14.3. The Labute approximate surface area is 143 Å². The van der Waals surface area contributed by atoms with E-state index < -0.39 is 0 Å². The van der Waals surface area contributed by atoms with Crippen molar-refractivity contribution in [2.24, 2.45) is 5.73 Å². The Hall–Kier alpha value is -1.85. The number of nitrogens with zero attached hydrogens (tertiary/aromatic N) is 1. The second kappa shape index (κ2) is 7.81. The number of ether oxygens (including phenoxy) is 1. The van der Waals surface area contributed by atoms with Gasteiger partial charge in [0.15, 0.2) is 0 Å². The Balaban J connectivity index is 1.70. The number of fused-ring (bicyclic) bond motifs is 1. The summed E-state index contributed by atoms with van der Waals surface area (Å²) < 4.78 is 7.57. The Morgan fingerprint density at radius 1 is 1.46 bits per heavy atom. The number of rotatable bonds is 7.